The lowest BCUT2D eigenvalue weighted by molar-refractivity contribution is -0.122. The summed E-state index contributed by atoms with van der Waals surface area (Å²) >= 11 is 0. The van der Waals surface area contributed by atoms with Gasteiger partial charge in [-0.3, -0.25) is 4.79 Å². The number of rotatable bonds is 4. The Balaban J connectivity index is 1.94. The van der Waals surface area contributed by atoms with Crippen molar-refractivity contribution in [1.29, 1.82) is 0 Å². The van der Waals surface area contributed by atoms with Crippen LogP contribution in [0.25, 0.3) is 0 Å². The van der Waals surface area contributed by atoms with Gasteiger partial charge in [-0.15, -0.1) is 0 Å². The molecule has 0 fully saturated rings. The van der Waals surface area contributed by atoms with E-state index >= 15 is 0 Å². The van der Waals surface area contributed by atoms with Crippen molar-refractivity contribution in [3.05, 3.63) is 54.1 Å². The van der Waals surface area contributed by atoms with Gasteiger partial charge < -0.3 is 15.8 Å². The molecule has 0 spiro atoms. The van der Waals surface area contributed by atoms with Crippen LogP contribution < -0.4 is 15.8 Å². The third kappa shape index (κ3) is 3.75. The molecule has 0 saturated carbocycles. The first-order valence-corrected chi connectivity index (χ1v) is 6.44. The molecule has 4 heteroatoms. The van der Waals surface area contributed by atoms with Gasteiger partial charge in [0.05, 0.1) is 0 Å². The van der Waals surface area contributed by atoms with Crippen LogP contribution in [0, 0.1) is 6.92 Å². The number of hydrogen-bond donors (Lipinski definition) is 2. The topological polar surface area (TPSA) is 64.3 Å². The summed E-state index contributed by atoms with van der Waals surface area (Å²) < 4.78 is 5.56. The van der Waals surface area contributed by atoms with Crippen molar-refractivity contribution in [2.45, 2.75) is 20.0 Å². The first-order valence-electron chi connectivity index (χ1n) is 6.44. The van der Waals surface area contributed by atoms with Gasteiger partial charge in [-0.2, -0.15) is 0 Å². The van der Waals surface area contributed by atoms with E-state index in [2.05, 4.69) is 5.32 Å². The van der Waals surface area contributed by atoms with Gasteiger partial charge in [-0.25, -0.2) is 0 Å². The van der Waals surface area contributed by atoms with Crippen LogP contribution in [0.5, 0.6) is 5.75 Å². The first-order chi connectivity index (χ1) is 9.54. The molecule has 1 atom stereocenters. The molecular formula is C16H18N2O2. The van der Waals surface area contributed by atoms with E-state index in [1.807, 2.05) is 31.2 Å². The van der Waals surface area contributed by atoms with Crippen molar-refractivity contribution >= 4 is 17.3 Å². The minimum atomic E-state index is -0.583. The highest BCUT2D eigenvalue weighted by atomic mass is 16.5. The molecule has 0 bridgehead atoms. The SMILES string of the molecule is Cc1ccc(NC(=O)C(C)Oc2ccc(N)cc2)cc1. The van der Waals surface area contributed by atoms with Crippen LogP contribution in [-0.4, -0.2) is 12.0 Å². The van der Waals surface area contributed by atoms with Gasteiger partial charge in [-0.05, 0) is 50.2 Å². The third-order valence-corrected chi connectivity index (χ3v) is 2.88. The molecule has 2 aromatic carbocycles. The number of nitrogen functional groups attached to an aromatic ring is 1. The maximum atomic E-state index is 12.0. The molecule has 104 valence electrons. The Labute approximate surface area is 118 Å². The fourth-order valence-electron chi connectivity index (χ4n) is 1.68. The molecule has 0 radical (unpaired) electrons. The van der Waals surface area contributed by atoms with E-state index < -0.39 is 6.10 Å². The van der Waals surface area contributed by atoms with Gasteiger partial charge >= 0.3 is 0 Å². The van der Waals surface area contributed by atoms with Crippen LogP contribution in [0.1, 0.15) is 12.5 Å². The minimum Gasteiger partial charge on any atom is -0.481 e. The second kappa shape index (κ2) is 6.10. The second-order valence-electron chi connectivity index (χ2n) is 4.68. The Morgan fingerprint density at radius 1 is 1.10 bits per heavy atom. The number of carbonyl (C=O) groups is 1. The van der Waals surface area contributed by atoms with Gasteiger partial charge in [0.15, 0.2) is 6.10 Å². The molecule has 0 saturated heterocycles. The summed E-state index contributed by atoms with van der Waals surface area (Å²) in [5, 5.41) is 2.81. The number of nitrogens with one attached hydrogen (secondary N) is 1. The summed E-state index contributed by atoms with van der Waals surface area (Å²) in [5.74, 6) is 0.427. The Kier molecular flexibility index (Phi) is 4.25. The van der Waals surface area contributed by atoms with Crippen LogP contribution in [0.3, 0.4) is 0 Å². The number of amides is 1. The number of benzene rings is 2. The number of hydrogen-bond acceptors (Lipinski definition) is 3. The van der Waals surface area contributed by atoms with Crippen LogP contribution in [0.2, 0.25) is 0 Å². The molecule has 20 heavy (non-hydrogen) atoms. The molecule has 1 amide bonds. The average Bonchev–Trinajstić information content (AvgIpc) is 2.44. The van der Waals surface area contributed by atoms with Crippen molar-refractivity contribution in [1.82, 2.24) is 0 Å². The van der Waals surface area contributed by atoms with Gasteiger partial charge in [0.2, 0.25) is 0 Å². The van der Waals surface area contributed by atoms with Gasteiger partial charge in [0.25, 0.3) is 5.91 Å². The van der Waals surface area contributed by atoms with Gasteiger partial charge in [0.1, 0.15) is 5.75 Å². The maximum absolute atomic E-state index is 12.0. The fourth-order valence-corrected chi connectivity index (χ4v) is 1.68. The van der Waals surface area contributed by atoms with Crippen molar-refractivity contribution in [2.24, 2.45) is 0 Å². The highest BCUT2D eigenvalue weighted by molar-refractivity contribution is 5.94. The van der Waals surface area contributed by atoms with Crippen LogP contribution in [0.15, 0.2) is 48.5 Å². The summed E-state index contributed by atoms with van der Waals surface area (Å²) in [6.07, 6.45) is -0.583. The van der Waals surface area contributed by atoms with Crippen LogP contribution in [0.4, 0.5) is 11.4 Å². The van der Waals surface area contributed by atoms with Crippen molar-refractivity contribution in [3.63, 3.8) is 0 Å². The zero-order chi connectivity index (χ0) is 14.5. The average molecular weight is 270 g/mol. The first kappa shape index (κ1) is 13.9. The van der Waals surface area contributed by atoms with Crippen molar-refractivity contribution < 1.29 is 9.53 Å². The molecule has 1 unspecified atom stereocenters. The summed E-state index contributed by atoms with van der Waals surface area (Å²) in [6.45, 7) is 3.71. The molecule has 2 rings (SSSR count). The number of ether oxygens (including phenoxy) is 1. The highest BCUT2D eigenvalue weighted by Gasteiger charge is 2.14. The van der Waals surface area contributed by atoms with Crippen molar-refractivity contribution in [3.8, 4) is 5.75 Å². The second-order valence-corrected chi connectivity index (χ2v) is 4.68. The normalized spacial score (nSPS) is 11.7. The molecule has 0 aromatic heterocycles. The van der Waals surface area contributed by atoms with Crippen LogP contribution >= 0.6 is 0 Å². The Morgan fingerprint density at radius 2 is 1.70 bits per heavy atom. The summed E-state index contributed by atoms with van der Waals surface area (Å²) in [4.78, 5) is 12.0. The lowest BCUT2D eigenvalue weighted by atomic mass is 10.2. The monoisotopic (exact) mass is 270 g/mol. The summed E-state index contributed by atoms with van der Waals surface area (Å²) in [6, 6.07) is 14.6. The van der Waals surface area contributed by atoms with E-state index in [-0.39, 0.29) is 5.91 Å². The Hall–Kier alpha value is -2.49. The summed E-state index contributed by atoms with van der Waals surface area (Å²) in [5.41, 5.74) is 8.16. The number of nitrogens with two attached hydrogens (primary N) is 1. The molecule has 4 nitrogen and oxygen atoms in total. The number of carbonyl (C=O) groups excluding carboxylic acids is 1. The molecular weight excluding hydrogens is 252 g/mol. The minimum absolute atomic E-state index is 0.189. The number of aryl methyl sites for hydroxylation is 1. The van der Waals surface area contributed by atoms with E-state index in [4.69, 9.17) is 10.5 Å². The Bertz CT molecular complexity index is 576. The quantitative estimate of drug-likeness (QED) is 0.839. The smallest absolute Gasteiger partial charge is 0.265 e. The lowest BCUT2D eigenvalue weighted by Gasteiger charge is -2.15. The molecule has 2 aromatic rings. The molecule has 0 aliphatic carbocycles. The predicted molar refractivity (Wildman–Crippen MR) is 80.8 cm³/mol. The van der Waals surface area contributed by atoms with E-state index in [1.165, 1.54) is 0 Å². The van der Waals surface area contributed by atoms with Crippen LogP contribution in [-0.2, 0) is 4.79 Å². The van der Waals surface area contributed by atoms with E-state index in [0.717, 1.165) is 11.3 Å². The van der Waals surface area contributed by atoms with E-state index in [0.29, 0.717) is 11.4 Å². The zero-order valence-corrected chi connectivity index (χ0v) is 11.6. The third-order valence-electron chi connectivity index (χ3n) is 2.88. The molecule has 3 N–H and O–H groups in total. The Morgan fingerprint density at radius 3 is 2.30 bits per heavy atom. The predicted octanol–water partition coefficient (Wildman–Crippen LogP) is 2.98. The van der Waals surface area contributed by atoms with E-state index in [9.17, 15) is 4.79 Å². The van der Waals surface area contributed by atoms with Crippen molar-refractivity contribution in [2.75, 3.05) is 11.1 Å². The van der Waals surface area contributed by atoms with Gasteiger partial charge in [-0.1, -0.05) is 17.7 Å². The number of anilines is 2. The fraction of sp³-hybridized carbons (Fsp3) is 0.188. The maximum Gasteiger partial charge on any atom is 0.265 e. The highest BCUT2D eigenvalue weighted by Crippen LogP contribution is 2.16. The molecule has 0 heterocycles. The molecule has 0 aliphatic rings. The van der Waals surface area contributed by atoms with E-state index in [1.54, 1.807) is 31.2 Å². The summed E-state index contributed by atoms with van der Waals surface area (Å²) in [7, 11) is 0. The largest absolute Gasteiger partial charge is 0.481 e. The lowest BCUT2D eigenvalue weighted by Crippen LogP contribution is -2.30. The molecule has 0 aliphatic heterocycles. The standard InChI is InChI=1S/C16H18N2O2/c1-11-3-7-14(8-4-11)18-16(19)12(2)20-15-9-5-13(17)6-10-15/h3-10,12H,17H2,1-2H3,(H,18,19). The van der Waals surface area contributed by atoms with Gasteiger partial charge in [0, 0.05) is 11.4 Å². The zero-order valence-electron chi connectivity index (χ0n) is 11.6.